The minimum Gasteiger partial charge on any atom is -0.377 e. The van der Waals surface area contributed by atoms with E-state index in [1.54, 1.807) is 18.1 Å². The molecule has 1 aromatic heterocycles. The third kappa shape index (κ3) is 3.01. The van der Waals surface area contributed by atoms with Gasteiger partial charge in [-0.3, -0.25) is 9.78 Å². The van der Waals surface area contributed by atoms with Gasteiger partial charge in [0.25, 0.3) is 0 Å². The molecule has 17 heavy (non-hydrogen) atoms. The van der Waals surface area contributed by atoms with Crippen LogP contribution < -0.4 is 5.32 Å². The Kier molecular flexibility index (Phi) is 4.06. The van der Waals surface area contributed by atoms with Gasteiger partial charge in [0.2, 0.25) is 5.91 Å². The second-order valence-electron chi connectivity index (χ2n) is 4.00. The lowest BCUT2D eigenvalue weighted by atomic mass is 10.2. The second-order valence-corrected chi connectivity index (χ2v) is 4.00. The number of nitrogens with one attached hydrogen (secondary N) is 1. The Balaban J connectivity index is 2.06. The van der Waals surface area contributed by atoms with E-state index in [-0.39, 0.29) is 11.9 Å². The summed E-state index contributed by atoms with van der Waals surface area (Å²) in [4.78, 5) is 18.2. The number of pyridine rings is 1. The van der Waals surface area contributed by atoms with Crippen LogP contribution in [0, 0.1) is 0 Å². The van der Waals surface area contributed by atoms with Crippen LogP contribution in [0.25, 0.3) is 0 Å². The number of aromatic nitrogens is 1. The maximum Gasteiger partial charge on any atom is 0.242 e. The zero-order chi connectivity index (χ0) is 12.1. The van der Waals surface area contributed by atoms with Gasteiger partial charge in [-0.05, 0) is 19.2 Å². The lowest BCUT2D eigenvalue weighted by Crippen LogP contribution is -2.45. The number of likely N-dealkylation sites (N-methyl/N-ethyl adjacent to an activating group) is 1. The molecule has 1 unspecified atom stereocenters. The molecule has 1 N–H and O–H groups in total. The van der Waals surface area contributed by atoms with Crippen LogP contribution in [0.1, 0.15) is 5.69 Å². The summed E-state index contributed by atoms with van der Waals surface area (Å²) in [6, 6.07) is 5.47. The van der Waals surface area contributed by atoms with Crippen molar-refractivity contribution in [2.45, 2.75) is 12.6 Å². The van der Waals surface area contributed by atoms with Gasteiger partial charge in [0.15, 0.2) is 0 Å². The molecule has 1 aromatic rings. The Morgan fingerprint density at radius 1 is 1.59 bits per heavy atom. The average Bonchev–Trinajstić information content (AvgIpc) is 2.54. The van der Waals surface area contributed by atoms with Crippen molar-refractivity contribution in [2.75, 3.05) is 26.8 Å². The van der Waals surface area contributed by atoms with Crippen LogP contribution in [0.3, 0.4) is 0 Å². The van der Waals surface area contributed by atoms with Crippen molar-refractivity contribution in [1.29, 1.82) is 0 Å². The molecule has 0 bridgehead atoms. The van der Waals surface area contributed by atoms with E-state index in [2.05, 4.69) is 10.3 Å². The molecule has 92 valence electrons. The molecule has 5 nitrogen and oxygen atoms in total. The summed E-state index contributed by atoms with van der Waals surface area (Å²) in [6.07, 6.45) is 1.74. The number of nitrogens with zero attached hydrogens (tertiary/aromatic N) is 2. The molecule has 1 aliphatic heterocycles. The molecule has 2 heterocycles. The third-order valence-electron chi connectivity index (χ3n) is 2.83. The number of carbonyl (C=O) groups is 1. The second kappa shape index (κ2) is 5.75. The van der Waals surface area contributed by atoms with Gasteiger partial charge >= 0.3 is 0 Å². The number of hydrogen-bond acceptors (Lipinski definition) is 4. The molecule has 2 rings (SSSR count). The fourth-order valence-corrected chi connectivity index (χ4v) is 1.83. The van der Waals surface area contributed by atoms with Crippen molar-refractivity contribution in [1.82, 2.24) is 15.2 Å². The molecule has 1 fully saturated rings. The molecule has 0 saturated carbocycles. The zero-order valence-electron chi connectivity index (χ0n) is 9.93. The van der Waals surface area contributed by atoms with Gasteiger partial charge in [-0.2, -0.15) is 0 Å². The molecule has 1 saturated heterocycles. The highest BCUT2D eigenvalue weighted by molar-refractivity contribution is 5.82. The summed E-state index contributed by atoms with van der Waals surface area (Å²) in [5.41, 5.74) is 0.901. The van der Waals surface area contributed by atoms with Crippen LogP contribution in [-0.4, -0.2) is 48.6 Å². The minimum absolute atomic E-state index is 0.0793. The third-order valence-corrected chi connectivity index (χ3v) is 2.83. The molecule has 5 heteroatoms. The highest BCUT2D eigenvalue weighted by Crippen LogP contribution is 2.07. The molecule has 1 aliphatic rings. The van der Waals surface area contributed by atoms with Gasteiger partial charge in [0.05, 0.1) is 25.5 Å². The van der Waals surface area contributed by atoms with Gasteiger partial charge in [-0.1, -0.05) is 6.07 Å². The molecule has 1 atom stereocenters. The summed E-state index contributed by atoms with van der Waals surface area (Å²) >= 11 is 0. The first-order chi connectivity index (χ1) is 8.31. The van der Waals surface area contributed by atoms with Crippen molar-refractivity contribution in [3.63, 3.8) is 0 Å². The summed E-state index contributed by atoms with van der Waals surface area (Å²) in [7, 11) is 1.77. The average molecular weight is 235 g/mol. The van der Waals surface area contributed by atoms with Crippen LogP contribution in [0.2, 0.25) is 0 Å². The standard InChI is InChI=1S/C12H17N3O2/c1-13-11-9-17-7-6-15(12(11)16)8-10-4-2-3-5-14-10/h2-5,11,13H,6-9H2,1H3. The number of amides is 1. The number of hydrogen-bond donors (Lipinski definition) is 1. The molecule has 1 amide bonds. The number of rotatable bonds is 3. The Morgan fingerprint density at radius 2 is 2.47 bits per heavy atom. The van der Waals surface area contributed by atoms with Crippen molar-refractivity contribution >= 4 is 5.91 Å². The van der Waals surface area contributed by atoms with Crippen LogP contribution in [-0.2, 0) is 16.1 Å². The topological polar surface area (TPSA) is 54.5 Å². The van der Waals surface area contributed by atoms with E-state index in [4.69, 9.17) is 4.74 Å². The highest BCUT2D eigenvalue weighted by Gasteiger charge is 2.26. The predicted molar refractivity (Wildman–Crippen MR) is 63.3 cm³/mol. The molecular formula is C12H17N3O2. The van der Waals surface area contributed by atoms with Crippen LogP contribution in [0.5, 0.6) is 0 Å². The fraction of sp³-hybridized carbons (Fsp3) is 0.500. The van der Waals surface area contributed by atoms with E-state index >= 15 is 0 Å². The molecule has 0 aliphatic carbocycles. The first-order valence-electron chi connectivity index (χ1n) is 5.75. The Morgan fingerprint density at radius 3 is 3.18 bits per heavy atom. The van der Waals surface area contributed by atoms with Crippen LogP contribution >= 0.6 is 0 Å². The van der Waals surface area contributed by atoms with E-state index in [1.807, 2.05) is 18.2 Å². The number of carbonyl (C=O) groups excluding carboxylic acids is 1. The maximum absolute atomic E-state index is 12.1. The van der Waals surface area contributed by atoms with Gasteiger partial charge < -0.3 is 15.0 Å². The molecule has 0 spiro atoms. The van der Waals surface area contributed by atoms with E-state index in [0.29, 0.717) is 26.3 Å². The van der Waals surface area contributed by atoms with Gasteiger partial charge in [0, 0.05) is 12.7 Å². The first kappa shape index (κ1) is 12.0. The number of ether oxygens (including phenoxy) is 1. The van der Waals surface area contributed by atoms with Crippen LogP contribution in [0.4, 0.5) is 0 Å². The fourth-order valence-electron chi connectivity index (χ4n) is 1.83. The Bertz CT molecular complexity index is 369. The van der Waals surface area contributed by atoms with Crippen molar-refractivity contribution in [2.24, 2.45) is 0 Å². The summed E-state index contributed by atoms with van der Waals surface area (Å²) < 4.78 is 5.39. The minimum atomic E-state index is -0.249. The van der Waals surface area contributed by atoms with E-state index in [9.17, 15) is 4.79 Å². The monoisotopic (exact) mass is 235 g/mol. The highest BCUT2D eigenvalue weighted by atomic mass is 16.5. The largest absolute Gasteiger partial charge is 0.377 e. The SMILES string of the molecule is CNC1COCCN(Cc2ccccn2)C1=O. The molecule has 0 radical (unpaired) electrons. The Labute approximate surface area is 101 Å². The summed E-state index contributed by atoms with van der Waals surface area (Å²) in [5, 5.41) is 2.97. The molecule has 0 aromatic carbocycles. The molecular weight excluding hydrogens is 218 g/mol. The van der Waals surface area contributed by atoms with E-state index in [0.717, 1.165) is 5.69 Å². The lowest BCUT2D eigenvalue weighted by molar-refractivity contribution is -0.133. The maximum atomic E-state index is 12.1. The smallest absolute Gasteiger partial charge is 0.242 e. The van der Waals surface area contributed by atoms with Crippen molar-refractivity contribution in [3.05, 3.63) is 30.1 Å². The first-order valence-corrected chi connectivity index (χ1v) is 5.75. The van der Waals surface area contributed by atoms with Crippen molar-refractivity contribution < 1.29 is 9.53 Å². The summed E-state index contributed by atoms with van der Waals surface area (Å²) in [6.45, 7) is 2.18. The van der Waals surface area contributed by atoms with E-state index in [1.165, 1.54) is 0 Å². The lowest BCUT2D eigenvalue weighted by Gasteiger charge is -2.22. The van der Waals surface area contributed by atoms with Gasteiger partial charge in [-0.25, -0.2) is 0 Å². The van der Waals surface area contributed by atoms with Crippen molar-refractivity contribution in [3.8, 4) is 0 Å². The quantitative estimate of drug-likeness (QED) is 0.803. The normalized spacial score (nSPS) is 21.4. The predicted octanol–water partition coefficient (Wildman–Crippen LogP) is 0.0284. The van der Waals surface area contributed by atoms with Gasteiger partial charge in [-0.15, -0.1) is 0 Å². The summed E-state index contributed by atoms with van der Waals surface area (Å²) in [5.74, 6) is 0.0793. The Hall–Kier alpha value is -1.46. The van der Waals surface area contributed by atoms with Crippen LogP contribution in [0.15, 0.2) is 24.4 Å². The zero-order valence-corrected chi connectivity index (χ0v) is 9.93. The van der Waals surface area contributed by atoms with Gasteiger partial charge in [0.1, 0.15) is 6.04 Å². The van der Waals surface area contributed by atoms with E-state index < -0.39 is 0 Å².